The second-order valence-corrected chi connectivity index (χ2v) is 6.87. The van der Waals surface area contributed by atoms with Gasteiger partial charge in [-0.1, -0.05) is 66.7 Å². The Morgan fingerprint density at radius 1 is 0.550 bits per heavy atom. The minimum Gasteiger partial charge on any atom is -0.369 e. The maximum atomic E-state index is 2.54. The summed E-state index contributed by atoms with van der Waals surface area (Å²) in [6.07, 6.45) is 0. The van der Waals surface area contributed by atoms with E-state index in [9.17, 15) is 0 Å². The molecule has 0 bridgehead atoms. The van der Waals surface area contributed by atoms with Crippen molar-refractivity contribution in [1.29, 1.82) is 0 Å². The van der Waals surface area contributed by atoms with Crippen LogP contribution in [-0.4, -0.2) is 13.9 Å². The molecule has 4 rings (SSSR count). The van der Waals surface area contributed by atoms with Crippen LogP contribution in [0.1, 0.15) is 0 Å². The lowest BCUT2D eigenvalue weighted by Crippen LogP contribution is -2.21. The molecule has 0 N–H and O–H groups in total. The van der Waals surface area contributed by atoms with E-state index >= 15 is 0 Å². The Bertz CT molecular complexity index is 824. The maximum Gasteiger partial charge on any atom is 0.161 e. The van der Waals surface area contributed by atoms with Crippen LogP contribution in [-0.2, 0) is 0 Å². The van der Waals surface area contributed by atoms with Crippen molar-refractivity contribution < 1.29 is 0 Å². The summed E-state index contributed by atoms with van der Waals surface area (Å²) in [5.74, 6) is 0. The fourth-order valence-electron chi connectivity index (χ4n) is 2.94. The molecular weight excluding hydrogens is 258 g/mol. The van der Waals surface area contributed by atoms with Crippen LogP contribution in [0.25, 0.3) is 21.8 Å². The minimum absolute atomic E-state index is 0.519. The highest BCUT2D eigenvalue weighted by atomic mass is 28.2. The van der Waals surface area contributed by atoms with Gasteiger partial charge in [-0.3, -0.25) is 0 Å². The molecule has 1 nitrogen and oxygen atoms in total. The molecule has 1 aromatic heterocycles. The number of nitrogens with zero attached hydrogens (tertiary/aromatic N) is 1. The zero-order chi connectivity index (χ0) is 13.4. The summed E-state index contributed by atoms with van der Waals surface area (Å²) in [6, 6.07) is 28.3. The SMILES string of the molecule is c1ccc([SiH2]n2c3ccccc3c3ccccc32)cc1. The van der Waals surface area contributed by atoms with Gasteiger partial charge in [-0.25, -0.2) is 0 Å². The molecule has 3 aromatic carbocycles. The Balaban J connectivity index is 2.00. The third kappa shape index (κ3) is 1.77. The third-order valence-electron chi connectivity index (χ3n) is 3.86. The number of benzene rings is 3. The molecule has 0 radical (unpaired) electrons. The molecule has 0 amide bonds. The molecule has 2 heteroatoms. The molecule has 20 heavy (non-hydrogen) atoms. The Morgan fingerprint density at radius 2 is 1.05 bits per heavy atom. The fourth-order valence-corrected chi connectivity index (χ4v) is 4.68. The summed E-state index contributed by atoms with van der Waals surface area (Å²) in [5, 5.41) is 4.21. The van der Waals surface area contributed by atoms with Crippen LogP contribution in [0.2, 0.25) is 0 Å². The van der Waals surface area contributed by atoms with Crippen LogP contribution in [0.5, 0.6) is 0 Å². The molecule has 0 aliphatic heterocycles. The molecule has 0 saturated carbocycles. The Kier molecular flexibility index (Phi) is 2.68. The molecule has 96 valence electrons. The zero-order valence-electron chi connectivity index (χ0n) is 11.2. The number of hydrogen-bond donors (Lipinski definition) is 0. The van der Waals surface area contributed by atoms with E-state index in [0.717, 1.165) is 0 Å². The number of aromatic nitrogens is 1. The van der Waals surface area contributed by atoms with Gasteiger partial charge in [-0.05, 0) is 17.3 Å². The van der Waals surface area contributed by atoms with Crippen molar-refractivity contribution in [2.24, 2.45) is 0 Å². The van der Waals surface area contributed by atoms with E-state index in [2.05, 4.69) is 83.1 Å². The standard InChI is InChI=1S/C18H15NSi/c1-2-8-14(9-3-1)20-19-17-12-6-4-10-15(17)16-11-5-7-13-18(16)19/h1-13H,20H2. The molecule has 1 heterocycles. The fraction of sp³-hybridized carbons (Fsp3) is 0. The molecule has 0 spiro atoms. The van der Waals surface area contributed by atoms with Gasteiger partial charge in [0.05, 0.1) is 0 Å². The first kappa shape index (κ1) is 11.5. The first-order valence-corrected chi connectivity index (χ1v) is 8.27. The van der Waals surface area contributed by atoms with E-state index in [-0.39, 0.29) is 0 Å². The van der Waals surface area contributed by atoms with Crippen molar-refractivity contribution in [2.75, 3.05) is 0 Å². The van der Waals surface area contributed by atoms with Gasteiger partial charge in [-0.15, -0.1) is 0 Å². The monoisotopic (exact) mass is 273 g/mol. The van der Waals surface area contributed by atoms with Crippen molar-refractivity contribution in [3.63, 3.8) is 0 Å². The molecule has 0 aliphatic carbocycles. The van der Waals surface area contributed by atoms with Gasteiger partial charge in [0.25, 0.3) is 0 Å². The average Bonchev–Trinajstić information content (AvgIpc) is 2.84. The quantitative estimate of drug-likeness (QED) is 0.495. The van der Waals surface area contributed by atoms with Gasteiger partial charge < -0.3 is 4.23 Å². The second kappa shape index (κ2) is 4.65. The topological polar surface area (TPSA) is 4.93 Å². The number of hydrogen-bond acceptors (Lipinski definition) is 0. The zero-order valence-corrected chi connectivity index (χ0v) is 12.6. The average molecular weight is 273 g/mol. The van der Waals surface area contributed by atoms with Crippen LogP contribution < -0.4 is 5.19 Å². The van der Waals surface area contributed by atoms with E-state index in [0.29, 0.717) is 0 Å². The molecular formula is C18H15NSi. The molecule has 0 aliphatic rings. The normalized spacial score (nSPS) is 11.8. The molecule has 0 unspecified atom stereocenters. The predicted molar refractivity (Wildman–Crippen MR) is 89.5 cm³/mol. The van der Waals surface area contributed by atoms with Crippen molar-refractivity contribution in [3.05, 3.63) is 78.9 Å². The Morgan fingerprint density at radius 3 is 1.65 bits per heavy atom. The number of para-hydroxylation sites is 2. The van der Waals surface area contributed by atoms with E-state index in [4.69, 9.17) is 0 Å². The second-order valence-electron chi connectivity index (χ2n) is 5.11. The smallest absolute Gasteiger partial charge is 0.161 e. The van der Waals surface area contributed by atoms with Crippen molar-refractivity contribution in [3.8, 4) is 0 Å². The lowest BCUT2D eigenvalue weighted by atomic mass is 10.2. The third-order valence-corrected chi connectivity index (χ3v) is 5.70. The van der Waals surface area contributed by atoms with Crippen molar-refractivity contribution in [1.82, 2.24) is 4.23 Å². The summed E-state index contributed by atoms with van der Waals surface area (Å²) >= 11 is 0. The highest BCUT2D eigenvalue weighted by Gasteiger charge is 2.09. The first-order chi connectivity index (χ1) is 9.93. The molecule has 0 fully saturated rings. The van der Waals surface area contributed by atoms with E-state index in [1.165, 1.54) is 27.0 Å². The van der Waals surface area contributed by atoms with Gasteiger partial charge in [0.1, 0.15) is 0 Å². The summed E-state index contributed by atoms with van der Waals surface area (Å²) in [4.78, 5) is 0. The van der Waals surface area contributed by atoms with E-state index < -0.39 is 9.68 Å². The predicted octanol–water partition coefficient (Wildman–Crippen LogP) is 3.05. The number of rotatable bonds is 2. The van der Waals surface area contributed by atoms with Crippen LogP contribution in [0.4, 0.5) is 0 Å². The largest absolute Gasteiger partial charge is 0.369 e. The molecule has 0 atom stereocenters. The van der Waals surface area contributed by atoms with E-state index in [1.54, 1.807) is 0 Å². The van der Waals surface area contributed by atoms with Gasteiger partial charge in [0.15, 0.2) is 9.68 Å². The van der Waals surface area contributed by atoms with E-state index in [1.807, 2.05) is 0 Å². The summed E-state index contributed by atoms with van der Waals surface area (Å²) in [6.45, 7) is 0. The maximum absolute atomic E-state index is 2.54. The Labute approximate surface area is 120 Å². The molecule has 0 saturated heterocycles. The lowest BCUT2D eigenvalue weighted by Gasteiger charge is -2.06. The van der Waals surface area contributed by atoms with Crippen LogP contribution in [0, 0.1) is 0 Å². The highest BCUT2D eigenvalue weighted by molar-refractivity contribution is 6.54. The molecule has 4 aromatic rings. The summed E-state index contributed by atoms with van der Waals surface area (Å²) in [5.41, 5.74) is 2.73. The summed E-state index contributed by atoms with van der Waals surface area (Å²) in [7, 11) is -0.519. The van der Waals surface area contributed by atoms with Gasteiger partial charge >= 0.3 is 0 Å². The highest BCUT2D eigenvalue weighted by Crippen LogP contribution is 2.27. The van der Waals surface area contributed by atoms with Crippen molar-refractivity contribution in [2.45, 2.75) is 0 Å². The summed E-state index contributed by atoms with van der Waals surface area (Å²) < 4.78 is 2.54. The Hall–Kier alpha value is -2.32. The van der Waals surface area contributed by atoms with Gasteiger partial charge in [0, 0.05) is 21.8 Å². The van der Waals surface area contributed by atoms with Crippen LogP contribution in [0.3, 0.4) is 0 Å². The van der Waals surface area contributed by atoms with Crippen LogP contribution >= 0.6 is 0 Å². The van der Waals surface area contributed by atoms with Crippen LogP contribution in [0.15, 0.2) is 78.9 Å². The number of fused-ring (bicyclic) bond motifs is 3. The first-order valence-electron chi connectivity index (χ1n) is 6.93. The van der Waals surface area contributed by atoms with Gasteiger partial charge in [-0.2, -0.15) is 0 Å². The van der Waals surface area contributed by atoms with Crippen molar-refractivity contribution >= 4 is 36.7 Å². The lowest BCUT2D eigenvalue weighted by molar-refractivity contribution is 1.37. The minimum atomic E-state index is -0.519. The van der Waals surface area contributed by atoms with Gasteiger partial charge in [0.2, 0.25) is 0 Å².